The Hall–Kier alpha value is -0.380. The van der Waals surface area contributed by atoms with Crippen molar-refractivity contribution in [2.45, 2.75) is 43.8 Å². The Morgan fingerprint density at radius 2 is 2.06 bits per heavy atom. The van der Waals surface area contributed by atoms with E-state index in [2.05, 4.69) is 29.5 Å². The molecule has 3 atom stereocenters. The summed E-state index contributed by atoms with van der Waals surface area (Å²) in [7, 11) is 2.29. The van der Waals surface area contributed by atoms with Gasteiger partial charge in [0.15, 0.2) is 0 Å². The maximum absolute atomic E-state index is 6.40. The highest BCUT2D eigenvalue weighted by Crippen LogP contribution is 2.42. The van der Waals surface area contributed by atoms with Gasteiger partial charge in [0.25, 0.3) is 0 Å². The number of thiophene rings is 1. The molecule has 2 N–H and O–H groups in total. The average Bonchev–Trinajstić information content (AvgIpc) is 2.85. The Kier molecular flexibility index (Phi) is 2.78. The van der Waals surface area contributed by atoms with Gasteiger partial charge in [-0.25, -0.2) is 0 Å². The van der Waals surface area contributed by atoms with Gasteiger partial charge in [-0.05, 0) is 50.1 Å². The number of hydrogen-bond acceptors (Lipinski definition) is 3. The molecule has 16 heavy (non-hydrogen) atoms. The highest BCUT2D eigenvalue weighted by Gasteiger charge is 2.40. The van der Waals surface area contributed by atoms with Gasteiger partial charge < -0.3 is 10.6 Å². The molecule has 2 aliphatic rings. The fraction of sp³-hybridized carbons (Fsp3) is 0.692. The highest BCUT2D eigenvalue weighted by molar-refractivity contribution is 7.10. The van der Waals surface area contributed by atoms with Crippen molar-refractivity contribution in [1.29, 1.82) is 0 Å². The van der Waals surface area contributed by atoms with Crippen LogP contribution in [0, 0.1) is 5.92 Å². The molecule has 3 rings (SSSR count). The van der Waals surface area contributed by atoms with Crippen molar-refractivity contribution < 1.29 is 0 Å². The van der Waals surface area contributed by atoms with Crippen LogP contribution in [0.2, 0.25) is 0 Å². The summed E-state index contributed by atoms with van der Waals surface area (Å²) in [6, 6.07) is 6.18. The van der Waals surface area contributed by atoms with Gasteiger partial charge >= 0.3 is 0 Å². The second kappa shape index (κ2) is 4.13. The summed E-state index contributed by atoms with van der Waals surface area (Å²) in [5.74, 6) is 0.701. The number of hydrogen-bond donors (Lipinski definition) is 1. The van der Waals surface area contributed by atoms with Crippen LogP contribution in [0.15, 0.2) is 17.5 Å². The van der Waals surface area contributed by atoms with E-state index < -0.39 is 0 Å². The lowest BCUT2D eigenvalue weighted by atomic mass is 9.85. The maximum atomic E-state index is 6.40. The molecule has 88 valence electrons. The molecular weight excluding hydrogens is 216 g/mol. The van der Waals surface area contributed by atoms with Crippen LogP contribution in [0.4, 0.5) is 0 Å². The van der Waals surface area contributed by atoms with E-state index in [1.54, 1.807) is 0 Å². The van der Waals surface area contributed by atoms with Crippen molar-refractivity contribution in [2.24, 2.45) is 11.7 Å². The number of rotatable bonds is 2. The predicted molar refractivity (Wildman–Crippen MR) is 68.5 cm³/mol. The molecule has 0 radical (unpaired) electrons. The lowest BCUT2D eigenvalue weighted by molar-refractivity contribution is 0.121. The van der Waals surface area contributed by atoms with Crippen molar-refractivity contribution in [2.75, 3.05) is 7.05 Å². The van der Waals surface area contributed by atoms with Gasteiger partial charge in [0.2, 0.25) is 0 Å². The molecule has 2 saturated heterocycles. The van der Waals surface area contributed by atoms with Crippen molar-refractivity contribution in [3.63, 3.8) is 0 Å². The van der Waals surface area contributed by atoms with Gasteiger partial charge in [-0.1, -0.05) is 6.07 Å². The molecule has 3 heterocycles. The zero-order valence-electron chi connectivity index (χ0n) is 9.80. The van der Waals surface area contributed by atoms with E-state index in [1.165, 1.54) is 30.6 Å². The van der Waals surface area contributed by atoms with E-state index >= 15 is 0 Å². The number of nitrogens with two attached hydrogens (primary N) is 1. The number of fused-ring (bicyclic) bond motifs is 2. The first-order chi connectivity index (χ1) is 7.75. The zero-order valence-corrected chi connectivity index (χ0v) is 10.6. The third-order valence-electron chi connectivity index (χ3n) is 4.51. The molecule has 2 fully saturated rings. The van der Waals surface area contributed by atoms with E-state index in [4.69, 9.17) is 5.73 Å². The van der Waals surface area contributed by atoms with Gasteiger partial charge in [0, 0.05) is 23.0 Å². The van der Waals surface area contributed by atoms with Crippen molar-refractivity contribution in [3.05, 3.63) is 22.4 Å². The standard InChI is InChI=1S/C13H20N2S/c1-15-10-4-5-11(15)8-9(7-10)13(14)12-3-2-6-16-12/h2-3,6,9-11,13H,4-5,7-8,14H2,1H3. The van der Waals surface area contributed by atoms with Crippen molar-refractivity contribution in [1.82, 2.24) is 4.90 Å². The first-order valence-corrected chi connectivity index (χ1v) is 7.14. The summed E-state index contributed by atoms with van der Waals surface area (Å²) in [4.78, 5) is 3.95. The normalized spacial score (nSPS) is 36.5. The molecule has 3 unspecified atom stereocenters. The molecule has 2 nitrogen and oxygen atoms in total. The second-order valence-electron chi connectivity index (χ2n) is 5.32. The van der Waals surface area contributed by atoms with E-state index in [1.807, 2.05) is 11.3 Å². The molecule has 1 aromatic heterocycles. The summed E-state index contributed by atoms with van der Waals surface area (Å²) in [5, 5.41) is 2.14. The van der Waals surface area contributed by atoms with Crippen LogP contribution in [0.5, 0.6) is 0 Å². The molecule has 0 aromatic carbocycles. The first-order valence-electron chi connectivity index (χ1n) is 6.26. The van der Waals surface area contributed by atoms with Gasteiger partial charge in [-0.15, -0.1) is 11.3 Å². The molecule has 0 aliphatic carbocycles. The number of piperidine rings is 1. The molecule has 1 aromatic rings. The maximum Gasteiger partial charge on any atom is 0.0419 e. The smallest absolute Gasteiger partial charge is 0.0419 e. The molecule has 3 heteroatoms. The molecule has 2 bridgehead atoms. The highest BCUT2D eigenvalue weighted by atomic mass is 32.1. The summed E-state index contributed by atoms with van der Waals surface area (Å²) in [6.07, 6.45) is 5.36. The van der Waals surface area contributed by atoms with Crippen molar-refractivity contribution >= 4 is 11.3 Å². The fourth-order valence-corrected chi connectivity index (χ4v) is 4.28. The first kappa shape index (κ1) is 10.8. The Balaban J connectivity index is 1.73. The second-order valence-corrected chi connectivity index (χ2v) is 6.30. The minimum atomic E-state index is 0.275. The fourth-order valence-electron chi connectivity index (χ4n) is 3.46. The molecule has 0 saturated carbocycles. The zero-order chi connectivity index (χ0) is 11.1. The van der Waals surface area contributed by atoms with Crippen LogP contribution in [0.1, 0.15) is 36.6 Å². The quantitative estimate of drug-likeness (QED) is 0.855. The molecule has 0 amide bonds. The molecular formula is C13H20N2S. The van der Waals surface area contributed by atoms with E-state index in [-0.39, 0.29) is 6.04 Å². The van der Waals surface area contributed by atoms with Crippen LogP contribution in [0.3, 0.4) is 0 Å². The van der Waals surface area contributed by atoms with Crippen LogP contribution in [0.25, 0.3) is 0 Å². The Morgan fingerprint density at radius 1 is 1.38 bits per heavy atom. The minimum Gasteiger partial charge on any atom is -0.323 e. The Labute approximate surface area is 101 Å². The van der Waals surface area contributed by atoms with Gasteiger partial charge in [-0.2, -0.15) is 0 Å². The molecule has 0 spiro atoms. The average molecular weight is 236 g/mol. The van der Waals surface area contributed by atoms with E-state index in [9.17, 15) is 0 Å². The minimum absolute atomic E-state index is 0.275. The summed E-state index contributed by atoms with van der Waals surface area (Å²) >= 11 is 1.81. The summed E-state index contributed by atoms with van der Waals surface area (Å²) in [5.41, 5.74) is 6.40. The van der Waals surface area contributed by atoms with Crippen molar-refractivity contribution in [3.8, 4) is 0 Å². The van der Waals surface area contributed by atoms with Gasteiger partial charge in [-0.3, -0.25) is 0 Å². The van der Waals surface area contributed by atoms with E-state index in [0.29, 0.717) is 5.92 Å². The Morgan fingerprint density at radius 3 is 2.62 bits per heavy atom. The van der Waals surface area contributed by atoms with Crippen LogP contribution in [-0.4, -0.2) is 24.0 Å². The third kappa shape index (κ3) is 1.71. The predicted octanol–water partition coefficient (Wildman–Crippen LogP) is 2.62. The lowest BCUT2D eigenvalue weighted by Crippen LogP contribution is -2.42. The third-order valence-corrected chi connectivity index (χ3v) is 5.49. The van der Waals surface area contributed by atoms with Gasteiger partial charge in [0.05, 0.1) is 0 Å². The number of nitrogens with zero attached hydrogens (tertiary/aromatic N) is 1. The van der Waals surface area contributed by atoms with E-state index in [0.717, 1.165) is 12.1 Å². The molecule has 2 aliphatic heterocycles. The SMILES string of the molecule is CN1C2CCC1CC(C(N)c1cccs1)C2. The van der Waals surface area contributed by atoms with Crippen LogP contribution < -0.4 is 5.73 Å². The topological polar surface area (TPSA) is 29.3 Å². The summed E-state index contributed by atoms with van der Waals surface area (Å²) < 4.78 is 0. The summed E-state index contributed by atoms with van der Waals surface area (Å²) in [6.45, 7) is 0. The lowest BCUT2D eigenvalue weighted by Gasteiger charge is -2.38. The van der Waals surface area contributed by atoms with Gasteiger partial charge in [0.1, 0.15) is 0 Å². The van der Waals surface area contributed by atoms with Crippen LogP contribution in [-0.2, 0) is 0 Å². The Bertz CT molecular complexity index is 335. The monoisotopic (exact) mass is 236 g/mol. The van der Waals surface area contributed by atoms with Crippen LogP contribution >= 0.6 is 11.3 Å². The largest absolute Gasteiger partial charge is 0.323 e.